The molecule has 1 aromatic carbocycles. The normalized spacial score (nSPS) is 25.6. The summed E-state index contributed by atoms with van der Waals surface area (Å²) in [4.78, 5) is 2.37. The molecule has 1 saturated heterocycles. The highest BCUT2D eigenvalue weighted by atomic mass is 35.5. The summed E-state index contributed by atoms with van der Waals surface area (Å²) >= 11 is 6.16. The van der Waals surface area contributed by atoms with Crippen molar-refractivity contribution in [1.29, 1.82) is 0 Å². The molecule has 0 saturated carbocycles. The molecule has 2 rings (SSSR count). The molecule has 20 heavy (non-hydrogen) atoms. The fourth-order valence-corrected chi connectivity index (χ4v) is 3.13. The maximum atomic E-state index is 14.0. The molecule has 1 fully saturated rings. The largest absolute Gasteiger partial charge is 0.311 e. The van der Waals surface area contributed by atoms with Crippen molar-refractivity contribution in [2.75, 3.05) is 13.1 Å². The fraction of sp³-hybridized carbons (Fsp3) is 0.625. The van der Waals surface area contributed by atoms with Crippen LogP contribution in [0.4, 0.5) is 4.39 Å². The molecular formula is C16H24ClFN2. The second-order valence-corrected chi connectivity index (χ2v) is 6.30. The Morgan fingerprint density at radius 2 is 2.25 bits per heavy atom. The summed E-state index contributed by atoms with van der Waals surface area (Å²) in [6, 6.07) is 5.79. The molecule has 112 valence electrons. The van der Waals surface area contributed by atoms with Crippen molar-refractivity contribution in [1.82, 2.24) is 10.2 Å². The van der Waals surface area contributed by atoms with Crippen molar-refractivity contribution >= 4 is 11.6 Å². The van der Waals surface area contributed by atoms with Crippen LogP contribution in [0, 0.1) is 11.7 Å². The van der Waals surface area contributed by atoms with E-state index in [0.717, 1.165) is 19.5 Å². The third-order valence-electron chi connectivity index (χ3n) is 4.38. The van der Waals surface area contributed by atoms with E-state index in [9.17, 15) is 4.39 Å². The third-order valence-corrected chi connectivity index (χ3v) is 4.73. The first-order valence-electron chi connectivity index (χ1n) is 7.43. The predicted molar refractivity (Wildman–Crippen MR) is 82.5 cm³/mol. The first kappa shape index (κ1) is 15.7. The van der Waals surface area contributed by atoms with Crippen molar-refractivity contribution in [3.8, 4) is 0 Å². The predicted octanol–water partition coefficient (Wildman–Crippen LogP) is 3.69. The van der Waals surface area contributed by atoms with Gasteiger partial charge < -0.3 is 5.32 Å². The maximum absolute atomic E-state index is 14.0. The van der Waals surface area contributed by atoms with Gasteiger partial charge in [-0.3, -0.25) is 4.90 Å². The quantitative estimate of drug-likeness (QED) is 0.912. The van der Waals surface area contributed by atoms with E-state index in [1.54, 1.807) is 12.1 Å². The van der Waals surface area contributed by atoms with E-state index in [-0.39, 0.29) is 5.82 Å². The molecule has 3 unspecified atom stereocenters. The lowest BCUT2D eigenvalue weighted by atomic mass is 9.94. The Morgan fingerprint density at radius 3 is 2.90 bits per heavy atom. The second kappa shape index (κ2) is 6.88. The Kier molecular flexibility index (Phi) is 5.42. The molecule has 2 nitrogen and oxygen atoms in total. The Bertz CT molecular complexity index is 432. The SMILES string of the molecule is CCC(C)C1CNC(C)CN1Cc1c(F)cccc1Cl. The Hall–Kier alpha value is -0.640. The van der Waals surface area contributed by atoms with Gasteiger partial charge in [-0.15, -0.1) is 0 Å². The summed E-state index contributed by atoms with van der Waals surface area (Å²) < 4.78 is 14.0. The van der Waals surface area contributed by atoms with E-state index in [1.807, 2.05) is 0 Å². The number of rotatable bonds is 4. The minimum atomic E-state index is -0.202. The van der Waals surface area contributed by atoms with Crippen molar-refractivity contribution in [3.05, 3.63) is 34.6 Å². The number of piperazine rings is 1. The van der Waals surface area contributed by atoms with Gasteiger partial charge in [0.05, 0.1) is 0 Å². The number of nitrogens with zero attached hydrogens (tertiary/aromatic N) is 1. The third kappa shape index (κ3) is 3.51. The summed E-state index contributed by atoms with van der Waals surface area (Å²) in [7, 11) is 0. The van der Waals surface area contributed by atoms with E-state index in [0.29, 0.717) is 35.1 Å². The number of benzene rings is 1. The van der Waals surface area contributed by atoms with Crippen LogP contribution in [0.2, 0.25) is 5.02 Å². The first-order chi connectivity index (χ1) is 9.52. The highest BCUT2D eigenvalue weighted by Crippen LogP contribution is 2.25. The van der Waals surface area contributed by atoms with Crippen molar-refractivity contribution < 1.29 is 4.39 Å². The molecule has 3 atom stereocenters. The number of hydrogen-bond acceptors (Lipinski definition) is 2. The lowest BCUT2D eigenvalue weighted by molar-refractivity contribution is 0.0874. The van der Waals surface area contributed by atoms with Gasteiger partial charge in [0.2, 0.25) is 0 Å². The lowest BCUT2D eigenvalue weighted by Crippen LogP contribution is -2.57. The zero-order valence-corrected chi connectivity index (χ0v) is 13.3. The molecular weight excluding hydrogens is 275 g/mol. The molecule has 1 aliphatic heterocycles. The molecule has 0 bridgehead atoms. The monoisotopic (exact) mass is 298 g/mol. The van der Waals surface area contributed by atoms with Crippen LogP contribution in [0.3, 0.4) is 0 Å². The van der Waals surface area contributed by atoms with E-state index in [4.69, 9.17) is 11.6 Å². The summed E-state index contributed by atoms with van der Waals surface area (Å²) in [6.07, 6.45) is 1.13. The molecule has 0 radical (unpaired) electrons. The van der Waals surface area contributed by atoms with Crippen LogP contribution in [0.5, 0.6) is 0 Å². The minimum Gasteiger partial charge on any atom is -0.311 e. The smallest absolute Gasteiger partial charge is 0.129 e. The van der Waals surface area contributed by atoms with E-state index >= 15 is 0 Å². The van der Waals surface area contributed by atoms with Gasteiger partial charge in [0, 0.05) is 42.3 Å². The average Bonchev–Trinajstić information content (AvgIpc) is 2.42. The van der Waals surface area contributed by atoms with Crippen LogP contribution in [0.1, 0.15) is 32.8 Å². The molecule has 4 heteroatoms. The number of hydrogen-bond donors (Lipinski definition) is 1. The van der Waals surface area contributed by atoms with Gasteiger partial charge in [0.1, 0.15) is 5.82 Å². The van der Waals surface area contributed by atoms with E-state index in [1.165, 1.54) is 6.07 Å². The van der Waals surface area contributed by atoms with Crippen molar-refractivity contribution in [3.63, 3.8) is 0 Å². The molecule has 1 N–H and O–H groups in total. The fourth-order valence-electron chi connectivity index (χ4n) is 2.90. The van der Waals surface area contributed by atoms with Gasteiger partial charge >= 0.3 is 0 Å². The van der Waals surface area contributed by atoms with Gasteiger partial charge in [-0.2, -0.15) is 0 Å². The standard InChI is InChI=1S/C16H24ClFN2/c1-4-11(2)16-8-19-12(3)9-20(16)10-13-14(17)6-5-7-15(13)18/h5-7,11-12,16,19H,4,8-10H2,1-3H3. The number of halogens is 2. The minimum absolute atomic E-state index is 0.202. The van der Waals surface area contributed by atoms with Gasteiger partial charge in [0.15, 0.2) is 0 Å². The van der Waals surface area contributed by atoms with Crippen LogP contribution in [0.15, 0.2) is 18.2 Å². The molecule has 0 amide bonds. The molecule has 1 heterocycles. The van der Waals surface area contributed by atoms with Gasteiger partial charge in [-0.25, -0.2) is 4.39 Å². The van der Waals surface area contributed by atoms with Crippen LogP contribution >= 0.6 is 11.6 Å². The number of nitrogens with one attached hydrogen (secondary N) is 1. The summed E-state index contributed by atoms with van der Waals surface area (Å²) in [5, 5.41) is 4.05. The van der Waals surface area contributed by atoms with Gasteiger partial charge in [-0.05, 0) is 25.0 Å². The highest BCUT2D eigenvalue weighted by Gasteiger charge is 2.30. The van der Waals surface area contributed by atoms with Crippen molar-refractivity contribution in [2.45, 2.75) is 45.8 Å². The van der Waals surface area contributed by atoms with Gasteiger partial charge in [-0.1, -0.05) is 37.9 Å². The second-order valence-electron chi connectivity index (χ2n) is 5.89. The summed E-state index contributed by atoms with van der Waals surface area (Å²) in [5.41, 5.74) is 0.622. The van der Waals surface area contributed by atoms with Crippen LogP contribution in [-0.4, -0.2) is 30.1 Å². The Labute approximate surface area is 126 Å². The molecule has 1 aromatic rings. The lowest BCUT2D eigenvalue weighted by Gasteiger charge is -2.42. The van der Waals surface area contributed by atoms with Gasteiger partial charge in [0.25, 0.3) is 0 Å². The molecule has 0 aliphatic carbocycles. The summed E-state index contributed by atoms with van der Waals surface area (Å²) in [6.45, 7) is 9.12. The topological polar surface area (TPSA) is 15.3 Å². The zero-order valence-electron chi connectivity index (χ0n) is 12.5. The average molecular weight is 299 g/mol. The maximum Gasteiger partial charge on any atom is 0.129 e. The first-order valence-corrected chi connectivity index (χ1v) is 7.81. The Morgan fingerprint density at radius 1 is 1.50 bits per heavy atom. The molecule has 0 spiro atoms. The molecule has 0 aromatic heterocycles. The van der Waals surface area contributed by atoms with Crippen molar-refractivity contribution in [2.24, 2.45) is 5.92 Å². The summed E-state index contributed by atoms with van der Waals surface area (Å²) in [5.74, 6) is 0.382. The zero-order chi connectivity index (χ0) is 14.7. The highest BCUT2D eigenvalue weighted by molar-refractivity contribution is 6.31. The van der Waals surface area contributed by atoms with E-state index < -0.39 is 0 Å². The molecule has 1 aliphatic rings. The van der Waals surface area contributed by atoms with Crippen LogP contribution in [-0.2, 0) is 6.54 Å². The van der Waals surface area contributed by atoms with Crippen LogP contribution in [0.25, 0.3) is 0 Å². The Balaban J connectivity index is 2.19. The van der Waals surface area contributed by atoms with Crippen LogP contribution < -0.4 is 5.32 Å². The van der Waals surface area contributed by atoms with E-state index in [2.05, 4.69) is 31.0 Å².